The molecule has 0 aliphatic heterocycles. The third-order valence-electron chi connectivity index (χ3n) is 4.58. The molecule has 182 valence electrons. The summed E-state index contributed by atoms with van der Waals surface area (Å²) in [6, 6.07) is 6.17. The summed E-state index contributed by atoms with van der Waals surface area (Å²) >= 11 is 2.75. The van der Waals surface area contributed by atoms with Crippen molar-refractivity contribution < 1.29 is 27.7 Å². The van der Waals surface area contributed by atoms with Crippen molar-refractivity contribution in [3.63, 3.8) is 0 Å². The number of rotatable bonds is 12. The van der Waals surface area contributed by atoms with Crippen LogP contribution < -0.4 is 15.4 Å². The van der Waals surface area contributed by atoms with Gasteiger partial charge in [-0.1, -0.05) is 19.1 Å². The van der Waals surface area contributed by atoms with Gasteiger partial charge in [-0.15, -0.1) is 22.7 Å². The second kappa shape index (κ2) is 11.5. The number of nitrogens with zero attached hydrogens (tertiary/aromatic N) is 2. The summed E-state index contributed by atoms with van der Waals surface area (Å²) < 4.78 is 32.9. The average molecular weight is 526 g/mol. The van der Waals surface area contributed by atoms with E-state index in [2.05, 4.69) is 20.6 Å². The molecule has 0 aliphatic rings. The zero-order chi connectivity index (χ0) is 24.7. The largest absolute Gasteiger partial charge is 0.389 e. The number of aromatic nitrogens is 2. The van der Waals surface area contributed by atoms with Crippen LogP contribution >= 0.6 is 22.7 Å². The number of amides is 1. The fraction of sp³-hybridized carbons (Fsp3) is 0.300. The summed E-state index contributed by atoms with van der Waals surface area (Å²) in [4.78, 5) is 32.6. The number of aliphatic hydroxyl groups excluding tert-OH is 1. The minimum absolute atomic E-state index is 0.124. The van der Waals surface area contributed by atoms with Gasteiger partial charge in [-0.2, -0.15) is 8.42 Å². The third kappa shape index (κ3) is 7.30. The Hall–Kier alpha value is -2.91. The van der Waals surface area contributed by atoms with E-state index in [0.29, 0.717) is 11.4 Å². The van der Waals surface area contributed by atoms with Gasteiger partial charge >= 0.3 is 10.3 Å². The van der Waals surface area contributed by atoms with Crippen molar-refractivity contribution in [3.05, 3.63) is 57.1 Å². The predicted molar refractivity (Wildman–Crippen MR) is 130 cm³/mol. The quantitative estimate of drug-likeness (QED) is 0.222. The monoisotopic (exact) mass is 525 g/mol. The van der Waals surface area contributed by atoms with Gasteiger partial charge in [0.15, 0.2) is 11.5 Å². The molecule has 0 saturated carbocycles. The lowest BCUT2D eigenvalue weighted by Gasteiger charge is -2.18. The van der Waals surface area contributed by atoms with Crippen LogP contribution in [0.3, 0.4) is 0 Å². The normalized spacial score (nSPS) is 12.2. The molecule has 3 rings (SSSR count). The number of hydrogen-bond acceptors (Lipinski definition) is 10. The molecule has 3 aromatic rings. The second-order valence-corrected chi connectivity index (χ2v) is 10.1. The van der Waals surface area contributed by atoms with E-state index in [4.69, 9.17) is 9.66 Å². The predicted octanol–water partition coefficient (Wildman–Crippen LogP) is 2.06. The van der Waals surface area contributed by atoms with Gasteiger partial charge in [0.05, 0.1) is 34.5 Å². The van der Waals surface area contributed by atoms with Gasteiger partial charge in [0.1, 0.15) is 11.6 Å². The molecule has 2 heterocycles. The maximum atomic E-state index is 12.5. The molecule has 11 nitrogen and oxygen atoms in total. The lowest BCUT2D eigenvalue weighted by Crippen LogP contribution is -2.31. The standard InChI is InChI=1S/C20H23N5O6S3/c1-2-17-23-16(10-32-17)15(7-12-3-5-13(6-4-12)25-34(29,30)31)24-20-18(22-11-33-20)19(28)21-8-14(27)9-26/h3-6,10-11,15,24-26H,2,7-9H2,1H3,(H,21,28)(H,29,30,31)/t15-/m0/s1. The minimum atomic E-state index is -4.36. The van der Waals surface area contributed by atoms with Crippen molar-refractivity contribution in [3.8, 4) is 0 Å². The number of ketones is 1. The highest BCUT2D eigenvalue weighted by atomic mass is 32.2. The van der Waals surface area contributed by atoms with Crippen molar-refractivity contribution in [2.75, 3.05) is 23.2 Å². The van der Waals surface area contributed by atoms with Crippen LogP contribution in [-0.4, -0.2) is 52.9 Å². The van der Waals surface area contributed by atoms with E-state index in [0.717, 1.165) is 22.7 Å². The van der Waals surface area contributed by atoms with Gasteiger partial charge in [-0.25, -0.2) is 9.97 Å². The molecule has 14 heteroatoms. The van der Waals surface area contributed by atoms with E-state index in [1.165, 1.54) is 40.3 Å². The fourth-order valence-electron chi connectivity index (χ4n) is 2.96. The van der Waals surface area contributed by atoms with E-state index >= 15 is 0 Å². The van der Waals surface area contributed by atoms with Crippen LogP contribution in [0.2, 0.25) is 0 Å². The van der Waals surface area contributed by atoms with E-state index in [9.17, 15) is 18.0 Å². The van der Waals surface area contributed by atoms with Crippen molar-refractivity contribution in [2.24, 2.45) is 0 Å². The molecule has 0 radical (unpaired) electrons. The van der Waals surface area contributed by atoms with Crippen LogP contribution in [0.5, 0.6) is 0 Å². The van der Waals surface area contributed by atoms with Crippen molar-refractivity contribution >= 4 is 55.4 Å². The maximum Gasteiger partial charge on any atom is 0.357 e. The number of thiazole rings is 2. The lowest BCUT2D eigenvalue weighted by molar-refractivity contribution is -0.120. The molecule has 1 amide bonds. The number of hydrogen-bond donors (Lipinski definition) is 5. The Kier molecular flexibility index (Phi) is 8.68. The molecule has 1 aromatic carbocycles. The maximum absolute atomic E-state index is 12.5. The summed E-state index contributed by atoms with van der Waals surface area (Å²) in [6.45, 7) is 1.05. The topological polar surface area (TPSA) is 171 Å². The molecule has 0 saturated heterocycles. The average Bonchev–Trinajstić information content (AvgIpc) is 3.46. The first-order chi connectivity index (χ1) is 16.2. The number of carbonyl (C=O) groups is 2. The van der Waals surface area contributed by atoms with Crippen LogP contribution in [0.4, 0.5) is 10.7 Å². The minimum Gasteiger partial charge on any atom is -0.389 e. The Morgan fingerprint density at radius 2 is 1.91 bits per heavy atom. The molecule has 0 unspecified atom stereocenters. The first-order valence-electron chi connectivity index (χ1n) is 10.1. The van der Waals surface area contributed by atoms with Crippen LogP contribution in [0.25, 0.3) is 0 Å². The molecular weight excluding hydrogens is 502 g/mol. The Bertz CT molecular complexity index is 1240. The zero-order valence-corrected chi connectivity index (χ0v) is 20.5. The SMILES string of the molecule is CCc1nc([C@H](Cc2ccc(NS(=O)(=O)O)cc2)Nc2scnc2C(=O)NCC(=O)CO)cs1. The summed E-state index contributed by atoms with van der Waals surface area (Å²) in [6.07, 6.45) is 1.24. The highest BCUT2D eigenvalue weighted by Crippen LogP contribution is 2.30. The first-order valence-corrected chi connectivity index (χ1v) is 13.3. The van der Waals surface area contributed by atoms with E-state index in [1.807, 2.05) is 17.0 Å². The van der Waals surface area contributed by atoms with Crippen LogP contribution in [0, 0.1) is 0 Å². The second-order valence-electron chi connectivity index (χ2n) is 7.10. The van der Waals surface area contributed by atoms with Gasteiger partial charge in [0.2, 0.25) is 0 Å². The van der Waals surface area contributed by atoms with E-state index < -0.39 is 28.6 Å². The molecule has 5 N–H and O–H groups in total. The van der Waals surface area contributed by atoms with Gasteiger partial charge in [-0.3, -0.25) is 18.9 Å². The molecule has 0 fully saturated rings. The fourth-order valence-corrected chi connectivity index (χ4v) is 4.92. The van der Waals surface area contributed by atoms with Gasteiger partial charge < -0.3 is 15.7 Å². The number of anilines is 2. The Labute approximate surface area is 204 Å². The van der Waals surface area contributed by atoms with Gasteiger partial charge in [0, 0.05) is 5.38 Å². The molecule has 0 spiro atoms. The number of benzene rings is 1. The van der Waals surface area contributed by atoms with Gasteiger partial charge in [-0.05, 0) is 30.5 Å². The number of aliphatic hydroxyl groups is 1. The van der Waals surface area contributed by atoms with Gasteiger partial charge in [0.25, 0.3) is 5.91 Å². The lowest BCUT2D eigenvalue weighted by atomic mass is 10.0. The molecule has 2 aromatic heterocycles. The summed E-state index contributed by atoms with van der Waals surface area (Å²) in [5, 5.41) is 18.0. The number of Topliss-reactive ketones (excluding diaryl/α,β-unsaturated/α-hetero) is 1. The molecular formula is C20H23N5O6S3. The Morgan fingerprint density at radius 1 is 1.18 bits per heavy atom. The summed E-state index contributed by atoms with van der Waals surface area (Å²) in [5.41, 5.74) is 3.48. The smallest absolute Gasteiger partial charge is 0.357 e. The van der Waals surface area contributed by atoms with Crippen molar-refractivity contribution in [1.82, 2.24) is 15.3 Å². The molecule has 0 aliphatic carbocycles. The summed E-state index contributed by atoms with van der Waals surface area (Å²) in [5.74, 6) is -1.06. The number of nitrogens with one attached hydrogen (secondary N) is 3. The Balaban J connectivity index is 1.81. The highest BCUT2D eigenvalue weighted by Gasteiger charge is 2.22. The molecule has 34 heavy (non-hydrogen) atoms. The van der Waals surface area contributed by atoms with E-state index in [-0.39, 0.29) is 24.0 Å². The number of aryl methyl sites for hydroxylation is 1. The summed E-state index contributed by atoms with van der Waals surface area (Å²) in [7, 11) is -4.36. The zero-order valence-electron chi connectivity index (χ0n) is 18.0. The van der Waals surface area contributed by atoms with Crippen LogP contribution in [0.1, 0.15) is 39.7 Å². The third-order valence-corrected chi connectivity index (χ3v) is 6.84. The molecule has 0 bridgehead atoms. The Morgan fingerprint density at radius 3 is 2.53 bits per heavy atom. The van der Waals surface area contributed by atoms with Crippen molar-refractivity contribution in [2.45, 2.75) is 25.8 Å². The first kappa shape index (κ1) is 25.7. The van der Waals surface area contributed by atoms with Crippen LogP contribution in [-0.2, 0) is 27.9 Å². The highest BCUT2D eigenvalue weighted by molar-refractivity contribution is 7.87. The van der Waals surface area contributed by atoms with Crippen molar-refractivity contribution in [1.29, 1.82) is 0 Å². The molecule has 1 atom stereocenters. The number of carbonyl (C=O) groups excluding carboxylic acids is 2. The van der Waals surface area contributed by atoms with E-state index in [1.54, 1.807) is 12.1 Å². The van der Waals surface area contributed by atoms with Crippen LogP contribution in [0.15, 0.2) is 35.2 Å².